The number of rotatable bonds is 5. The number of aryl methyl sites for hydroxylation is 1. The van der Waals surface area contributed by atoms with E-state index in [2.05, 4.69) is 15.1 Å². The molecule has 0 aliphatic carbocycles. The number of carbonyl (C=O) groups excluding carboxylic acids is 1. The van der Waals surface area contributed by atoms with Gasteiger partial charge in [0.15, 0.2) is 5.65 Å². The highest BCUT2D eigenvalue weighted by molar-refractivity contribution is 5.85. The molecule has 1 aromatic carbocycles. The molecule has 0 saturated carbocycles. The summed E-state index contributed by atoms with van der Waals surface area (Å²) < 4.78 is 45.2. The molecule has 9 heteroatoms. The first-order valence-corrected chi connectivity index (χ1v) is 8.16. The zero-order valence-electron chi connectivity index (χ0n) is 14.9. The molecule has 0 saturated heterocycles. The van der Waals surface area contributed by atoms with E-state index in [0.717, 1.165) is 12.1 Å². The van der Waals surface area contributed by atoms with Crippen LogP contribution in [0.15, 0.2) is 24.3 Å². The van der Waals surface area contributed by atoms with Gasteiger partial charge in [-0.05, 0) is 31.5 Å². The van der Waals surface area contributed by atoms with Crippen molar-refractivity contribution in [3.8, 4) is 5.88 Å². The van der Waals surface area contributed by atoms with E-state index >= 15 is 0 Å². The number of carbonyl (C=O) groups is 1. The average molecular weight is 378 g/mol. The molecule has 6 nitrogen and oxygen atoms in total. The maximum absolute atomic E-state index is 12.8. The quantitative estimate of drug-likeness (QED) is 0.636. The monoisotopic (exact) mass is 378 g/mol. The highest BCUT2D eigenvalue weighted by Gasteiger charge is 2.30. The van der Waals surface area contributed by atoms with Gasteiger partial charge in [-0.25, -0.2) is 9.67 Å². The Kier molecular flexibility index (Phi) is 4.86. The maximum atomic E-state index is 12.8. The highest BCUT2D eigenvalue weighted by atomic mass is 19.4. The lowest BCUT2D eigenvalue weighted by Crippen LogP contribution is -2.11. The van der Waals surface area contributed by atoms with Crippen LogP contribution in [0.5, 0.6) is 5.88 Å². The van der Waals surface area contributed by atoms with E-state index in [1.807, 2.05) is 0 Å². The van der Waals surface area contributed by atoms with Gasteiger partial charge in [0.05, 0.1) is 24.4 Å². The molecule has 0 amide bonds. The van der Waals surface area contributed by atoms with E-state index in [4.69, 9.17) is 4.74 Å². The van der Waals surface area contributed by atoms with E-state index in [9.17, 15) is 18.0 Å². The van der Waals surface area contributed by atoms with Gasteiger partial charge in [-0.2, -0.15) is 23.3 Å². The van der Waals surface area contributed by atoms with Crippen LogP contribution in [-0.4, -0.2) is 33.1 Å². The van der Waals surface area contributed by atoms with Gasteiger partial charge in [0.25, 0.3) is 0 Å². The summed E-state index contributed by atoms with van der Waals surface area (Å²) in [6.45, 7) is 3.49. The first kappa shape index (κ1) is 18.8. The van der Waals surface area contributed by atoms with Crippen molar-refractivity contribution >= 4 is 17.3 Å². The number of hydrogen-bond donors (Lipinski definition) is 0. The number of aromatic nitrogens is 4. The van der Waals surface area contributed by atoms with Gasteiger partial charge in [-0.15, -0.1) is 0 Å². The fraction of sp³-hybridized carbons (Fsp3) is 0.333. The Morgan fingerprint density at radius 3 is 2.44 bits per heavy atom. The molecule has 1 unspecified atom stereocenters. The second kappa shape index (κ2) is 6.98. The molecule has 2 heterocycles. The van der Waals surface area contributed by atoms with Gasteiger partial charge in [0.2, 0.25) is 5.88 Å². The third-order valence-corrected chi connectivity index (χ3v) is 4.26. The van der Waals surface area contributed by atoms with Crippen molar-refractivity contribution in [1.82, 2.24) is 19.7 Å². The molecule has 0 aliphatic heterocycles. The minimum atomic E-state index is -4.39. The van der Waals surface area contributed by atoms with Crippen LogP contribution >= 0.6 is 0 Å². The van der Waals surface area contributed by atoms with Crippen molar-refractivity contribution in [2.45, 2.75) is 32.5 Å². The predicted octanol–water partition coefficient (Wildman–Crippen LogP) is 3.51. The first-order chi connectivity index (χ1) is 12.8. The van der Waals surface area contributed by atoms with Crippen molar-refractivity contribution in [2.75, 3.05) is 7.11 Å². The number of benzene rings is 1. The molecular formula is C18H17F3N4O2. The number of methoxy groups -OCH3 is 1. The van der Waals surface area contributed by atoms with Crippen molar-refractivity contribution < 1.29 is 22.7 Å². The smallest absolute Gasteiger partial charge is 0.416 e. The van der Waals surface area contributed by atoms with Gasteiger partial charge in [0.1, 0.15) is 17.5 Å². The van der Waals surface area contributed by atoms with E-state index in [1.165, 1.54) is 19.2 Å². The molecule has 0 fully saturated rings. The lowest BCUT2D eigenvalue weighted by Gasteiger charge is -2.15. The lowest BCUT2D eigenvalue weighted by molar-refractivity contribution is -0.137. The molecule has 0 aliphatic rings. The number of alkyl halides is 3. The molecule has 0 N–H and O–H groups in total. The molecule has 3 rings (SSSR count). The van der Waals surface area contributed by atoms with Crippen LogP contribution in [0, 0.1) is 6.92 Å². The molecule has 0 bridgehead atoms. The van der Waals surface area contributed by atoms with E-state index < -0.39 is 17.8 Å². The van der Waals surface area contributed by atoms with Crippen LogP contribution in [0.4, 0.5) is 13.2 Å². The molecule has 0 radical (unpaired) electrons. The fourth-order valence-corrected chi connectivity index (χ4v) is 2.91. The Balaban J connectivity index is 2.13. The van der Waals surface area contributed by atoms with Crippen molar-refractivity contribution in [2.24, 2.45) is 0 Å². The molecule has 142 valence electrons. The van der Waals surface area contributed by atoms with Gasteiger partial charge in [-0.3, -0.25) is 0 Å². The summed E-state index contributed by atoms with van der Waals surface area (Å²) in [5, 5.41) is 4.98. The molecule has 3 aromatic rings. The van der Waals surface area contributed by atoms with E-state index in [-0.39, 0.29) is 6.42 Å². The Hall–Kier alpha value is -2.97. The van der Waals surface area contributed by atoms with Crippen LogP contribution in [0.1, 0.15) is 35.6 Å². The van der Waals surface area contributed by atoms with Crippen LogP contribution in [-0.2, 0) is 17.4 Å². The second-order valence-electron chi connectivity index (χ2n) is 6.04. The number of halogens is 3. The van der Waals surface area contributed by atoms with Crippen LogP contribution in [0.2, 0.25) is 0 Å². The van der Waals surface area contributed by atoms with Gasteiger partial charge < -0.3 is 9.53 Å². The molecule has 2 aromatic heterocycles. The minimum absolute atomic E-state index is 0.0476. The Labute approximate surface area is 153 Å². The molecule has 27 heavy (non-hydrogen) atoms. The van der Waals surface area contributed by atoms with Gasteiger partial charge in [0, 0.05) is 6.42 Å². The van der Waals surface area contributed by atoms with Crippen molar-refractivity contribution in [1.29, 1.82) is 0 Å². The number of nitrogens with zero attached hydrogens (tertiary/aromatic N) is 4. The summed E-state index contributed by atoms with van der Waals surface area (Å²) in [7, 11) is 1.46. The number of hydrogen-bond acceptors (Lipinski definition) is 5. The molecule has 1 atom stereocenters. The SMILES string of the molecule is COc1nc(C)nc2c1c(CC=O)nn2C(C)c1ccc(C(F)(F)F)cc1. The Bertz CT molecular complexity index is 981. The normalized spacial score (nSPS) is 13.0. The summed E-state index contributed by atoms with van der Waals surface area (Å²) >= 11 is 0. The summed E-state index contributed by atoms with van der Waals surface area (Å²) in [5.41, 5.74) is 0.824. The predicted molar refractivity (Wildman–Crippen MR) is 91.6 cm³/mol. The summed E-state index contributed by atoms with van der Waals surface area (Å²) in [6.07, 6.45) is -3.63. The van der Waals surface area contributed by atoms with E-state index in [0.29, 0.717) is 40.3 Å². The number of ether oxygens (including phenoxy) is 1. The summed E-state index contributed by atoms with van der Waals surface area (Å²) in [5.74, 6) is 0.762. The van der Waals surface area contributed by atoms with Crippen LogP contribution in [0.25, 0.3) is 11.0 Å². The minimum Gasteiger partial charge on any atom is -0.480 e. The number of aldehydes is 1. The van der Waals surface area contributed by atoms with Gasteiger partial charge >= 0.3 is 6.18 Å². The van der Waals surface area contributed by atoms with Crippen molar-refractivity contribution in [3.63, 3.8) is 0 Å². The highest BCUT2D eigenvalue weighted by Crippen LogP contribution is 2.32. The fourth-order valence-electron chi connectivity index (χ4n) is 2.91. The van der Waals surface area contributed by atoms with Gasteiger partial charge in [-0.1, -0.05) is 12.1 Å². The third-order valence-electron chi connectivity index (χ3n) is 4.26. The standard InChI is InChI=1S/C18H17F3N4O2/c1-10(12-4-6-13(7-5-12)18(19,20)21)25-16-15(14(24-25)8-9-26)17(27-3)23-11(2)22-16/h4-7,9-10H,8H2,1-3H3. The Morgan fingerprint density at radius 1 is 1.22 bits per heavy atom. The zero-order valence-corrected chi connectivity index (χ0v) is 14.9. The number of fused-ring (bicyclic) bond motifs is 1. The molecule has 0 spiro atoms. The van der Waals surface area contributed by atoms with Crippen LogP contribution < -0.4 is 4.74 Å². The average Bonchev–Trinajstić information content (AvgIpc) is 2.98. The zero-order chi connectivity index (χ0) is 19.8. The third kappa shape index (κ3) is 3.49. The largest absolute Gasteiger partial charge is 0.480 e. The lowest BCUT2D eigenvalue weighted by atomic mass is 10.1. The second-order valence-corrected chi connectivity index (χ2v) is 6.04. The van der Waals surface area contributed by atoms with E-state index in [1.54, 1.807) is 18.5 Å². The summed E-state index contributed by atoms with van der Waals surface area (Å²) in [6, 6.07) is 4.47. The topological polar surface area (TPSA) is 69.9 Å². The first-order valence-electron chi connectivity index (χ1n) is 8.16. The van der Waals surface area contributed by atoms with Crippen molar-refractivity contribution in [3.05, 3.63) is 46.9 Å². The maximum Gasteiger partial charge on any atom is 0.416 e. The Morgan fingerprint density at radius 2 is 1.89 bits per heavy atom. The van der Waals surface area contributed by atoms with Crippen LogP contribution in [0.3, 0.4) is 0 Å². The molecular weight excluding hydrogens is 361 g/mol. The summed E-state index contributed by atoms with van der Waals surface area (Å²) in [4.78, 5) is 19.7.